The van der Waals surface area contributed by atoms with Crippen LogP contribution in [0.25, 0.3) is 44.4 Å². The third kappa shape index (κ3) is 3.73. The molecule has 6 rings (SSSR count). The average Bonchev–Trinajstić information content (AvgIpc) is 3.59. The van der Waals surface area contributed by atoms with Gasteiger partial charge < -0.3 is 9.40 Å². The summed E-state index contributed by atoms with van der Waals surface area (Å²) in [6, 6.07) is 13.3. The van der Waals surface area contributed by atoms with Gasteiger partial charge in [-0.15, -0.1) is 0 Å². The summed E-state index contributed by atoms with van der Waals surface area (Å²) in [7, 11) is 0. The lowest BCUT2D eigenvalue weighted by atomic mass is 9.97. The minimum Gasteiger partial charge on any atom is -0.444 e. The number of aromatic nitrogens is 4. The van der Waals surface area contributed by atoms with E-state index >= 15 is 0 Å². The van der Waals surface area contributed by atoms with Crippen LogP contribution < -0.4 is 0 Å². The molecule has 0 amide bonds. The summed E-state index contributed by atoms with van der Waals surface area (Å²) < 4.78 is 6.00. The molecule has 0 atom stereocenters. The lowest BCUT2D eigenvalue weighted by Gasteiger charge is -2.36. The first-order valence-corrected chi connectivity index (χ1v) is 11.6. The first-order chi connectivity index (χ1) is 16.2. The smallest absolute Gasteiger partial charge is 0.226 e. The molecular formula is C26H28N6O. The Labute approximate surface area is 192 Å². The van der Waals surface area contributed by atoms with Gasteiger partial charge in [0.1, 0.15) is 6.26 Å². The van der Waals surface area contributed by atoms with E-state index in [9.17, 15) is 0 Å². The molecule has 4 heterocycles. The third-order valence-corrected chi connectivity index (χ3v) is 6.77. The molecule has 7 heteroatoms. The lowest BCUT2D eigenvalue weighted by Crippen LogP contribution is -2.48. The number of benzene rings is 2. The number of aromatic amines is 2. The van der Waals surface area contributed by atoms with Crippen LogP contribution in [-0.4, -0.2) is 62.2 Å². The number of oxazole rings is 1. The quantitative estimate of drug-likeness (QED) is 0.407. The highest BCUT2D eigenvalue weighted by Crippen LogP contribution is 2.35. The van der Waals surface area contributed by atoms with E-state index in [1.807, 2.05) is 12.4 Å². The molecule has 0 spiro atoms. The van der Waals surface area contributed by atoms with Crippen molar-refractivity contribution < 1.29 is 4.42 Å². The maximum absolute atomic E-state index is 6.00. The molecule has 1 saturated heterocycles. The van der Waals surface area contributed by atoms with Gasteiger partial charge in [0.2, 0.25) is 5.89 Å². The first kappa shape index (κ1) is 20.2. The normalized spacial score (nSPS) is 15.8. The number of nitrogens with one attached hydrogen (secondary N) is 2. The van der Waals surface area contributed by atoms with Crippen molar-refractivity contribution in [1.29, 1.82) is 0 Å². The molecule has 0 bridgehead atoms. The number of fused-ring (bicyclic) bond motifs is 2. The molecule has 5 aromatic rings. The van der Waals surface area contributed by atoms with E-state index in [0.29, 0.717) is 11.9 Å². The number of H-pyrrole nitrogens is 2. The van der Waals surface area contributed by atoms with E-state index in [2.05, 4.69) is 75.2 Å². The SMILES string of the molecule is CC(C)N1CCN(Cc2coc(-c3cc(-c4cccc5[nH]ccc45)cc4[nH]ncc34)n2)CC1. The Hall–Kier alpha value is -3.42. The van der Waals surface area contributed by atoms with Crippen LogP contribution in [0.2, 0.25) is 0 Å². The Kier molecular flexibility index (Phi) is 5.00. The molecule has 3 aromatic heterocycles. The third-order valence-electron chi connectivity index (χ3n) is 6.77. The fraction of sp³-hybridized carbons (Fsp3) is 0.308. The molecule has 33 heavy (non-hydrogen) atoms. The summed E-state index contributed by atoms with van der Waals surface area (Å²) in [6.45, 7) is 9.66. The Morgan fingerprint density at radius 1 is 1.00 bits per heavy atom. The summed E-state index contributed by atoms with van der Waals surface area (Å²) in [5.74, 6) is 0.639. The monoisotopic (exact) mass is 440 g/mol. The first-order valence-electron chi connectivity index (χ1n) is 11.6. The average molecular weight is 441 g/mol. The molecule has 1 aliphatic heterocycles. The zero-order valence-electron chi connectivity index (χ0n) is 19.0. The van der Waals surface area contributed by atoms with Crippen molar-refractivity contribution >= 4 is 21.8 Å². The van der Waals surface area contributed by atoms with Gasteiger partial charge in [-0.1, -0.05) is 12.1 Å². The molecule has 0 saturated carbocycles. The summed E-state index contributed by atoms with van der Waals surface area (Å²) >= 11 is 0. The van der Waals surface area contributed by atoms with Crippen LogP contribution in [0.1, 0.15) is 19.5 Å². The summed E-state index contributed by atoms with van der Waals surface area (Å²) in [5, 5.41) is 9.61. The van der Waals surface area contributed by atoms with E-state index in [1.165, 1.54) is 10.9 Å². The van der Waals surface area contributed by atoms with Gasteiger partial charge in [0.15, 0.2) is 0 Å². The topological polar surface area (TPSA) is 77.0 Å². The second-order valence-corrected chi connectivity index (χ2v) is 9.15. The van der Waals surface area contributed by atoms with Crippen LogP contribution in [0.15, 0.2) is 59.5 Å². The van der Waals surface area contributed by atoms with Crippen molar-refractivity contribution in [3.8, 4) is 22.6 Å². The Bertz CT molecular complexity index is 1400. The van der Waals surface area contributed by atoms with Gasteiger partial charge in [-0.05, 0) is 49.2 Å². The van der Waals surface area contributed by atoms with Crippen LogP contribution in [0.5, 0.6) is 0 Å². The maximum Gasteiger partial charge on any atom is 0.226 e. The zero-order valence-corrected chi connectivity index (χ0v) is 19.0. The fourth-order valence-corrected chi connectivity index (χ4v) is 4.89. The highest BCUT2D eigenvalue weighted by atomic mass is 16.3. The molecule has 2 N–H and O–H groups in total. The maximum atomic E-state index is 6.00. The van der Waals surface area contributed by atoms with E-state index in [0.717, 1.165) is 66.0 Å². The number of rotatable bonds is 5. The summed E-state index contributed by atoms with van der Waals surface area (Å²) in [4.78, 5) is 13.2. The number of piperazine rings is 1. The highest BCUT2D eigenvalue weighted by molar-refractivity contribution is 6.01. The largest absolute Gasteiger partial charge is 0.444 e. The van der Waals surface area contributed by atoms with Gasteiger partial charge in [0, 0.05) is 66.8 Å². The predicted molar refractivity (Wildman–Crippen MR) is 131 cm³/mol. The van der Waals surface area contributed by atoms with Crippen LogP contribution >= 0.6 is 0 Å². The zero-order chi connectivity index (χ0) is 22.4. The molecule has 2 aromatic carbocycles. The van der Waals surface area contributed by atoms with E-state index in [1.54, 1.807) is 6.26 Å². The molecule has 1 aliphatic rings. The van der Waals surface area contributed by atoms with Crippen LogP contribution in [0.4, 0.5) is 0 Å². The minimum absolute atomic E-state index is 0.604. The van der Waals surface area contributed by atoms with Crippen LogP contribution in [0.3, 0.4) is 0 Å². The van der Waals surface area contributed by atoms with Crippen molar-refractivity contribution in [3.63, 3.8) is 0 Å². The fourth-order valence-electron chi connectivity index (χ4n) is 4.89. The van der Waals surface area contributed by atoms with Crippen LogP contribution in [0, 0.1) is 0 Å². The van der Waals surface area contributed by atoms with Crippen molar-refractivity contribution in [1.82, 2.24) is 30.0 Å². The number of nitrogens with zero attached hydrogens (tertiary/aromatic N) is 4. The minimum atomic E-state index is 0.604. The Balaban J connectivity index is 1.32. The Morgan fingerprint density at radius 2 is 1.88 bits per heavy atom. The second kappa shape index (κ2) is 8.17. The van der Waals surface area contributed by atoms with Crippen molar-refractivity contribution in [2.45, 2.75) is 26.4 Å². The molecule has 0 unspecified atom stereocenters. The standard InChI is InChI=1S/C26H28N6O/c1-17(2)32-10-8-31(9-11-32)15-19-16-33-26(29-19)22-12-18(13-25-23(22)14-28-30-25)20-4-3-5-24-21(20)6-7-27-24/h3-7,12-14,16-17,27H,8-11,15H2,1-2H3,(H,28,30). The second-order valence-electron chi connectivity index (χ2n) is 9.15. The molecule has 0 radical (unpaired) electrons. The van der Waals surface area contributed by atoms with E-state index in [-0.39, 0.29) is 0 Å². The van der Waals surface area contributed by atoms with Gasteiger partial charge in [-0.3, -0.25) is 14.9 Å². The number of hydrogen-bond acceptors (Lipinski definition) is 5. The Morgan fingerprint density at radius 3 is 2.73 bits per heavy atom. The van der Waals surface area contributed by atoms with E-state index in [4.69, 9.17) is 9.40 Å². The van der Waals surface area contributed by atoms with E-state index < -0.39 is 0 Å². The van der Waals surface area contributed by atoms with Crippen LogP contribution in [-0.2, 0) is 6.54 Å². The van der Waals surface area contributed by atoms with Gasteiger partial charge in [-0.2, -0.15) is 5.10 Å². The summed E-state index contributed by atoms with van der Waals surface area (Å²) in [5.41, 5.74) is 6.30. The molecule has 1 fully saturated rings. The van der Waals surface area contributed by atoms with Gasteiger partial charge >= 0.3 is 0 Å². The van der Waals surface area contributed by atoms with Crippen molar-refractivity contribution in [3.05, 3.63) is 60.7 Å². The molecule has 168 valence electrons. The van der Waals surface area contributed by atoms with Crippen molar-refractivity contribution in [2.75, 3.05) is 26.2 Å². The summed E-state index contributed by atoms with van der Waals surface area (Å²) in [6.07, 6.45) is 5.63. The predicted octanol–water partition coefficient (Wildman–Crippen LogP) is 4.89. The van der Waals surface area contributed by atoms with Crippen molar-refractivity contribution in [2.24, 2.45) is 0 Å². The molecule has 7 nitrogen and oxygen atoms in total. The molecular weight excluding hydrogens is 412 g/mol. The van der Waals surface area contributed by atoms with Gasteiger partial charge in [0.25, 0.3) is 0 Å². The van der Waals surface area contributed by atoms with Gasteiger partial charge in [0.05, 0.1) is 17.4 Å². The highest BCUT2D eigenvalue weighted by Gasteiger charge is 2.21. The molecule has 0 aliphatic carbocycles. The lowest BCUT2D eigenvalue weighted by molar-refractivity contribution is 0.103. The van der Waals surface area contributed by atoms with Gasteiger partial charge in [-0.25, -0.2) is 4.98 Å². The number of hydrogen-bond donors (Lipinski definition) is 2.